The van der Waals surface area contributed by atoms with Gasteiger partial charge >= 0.3 is 0 Å². The van der Waals surface area contributed by atoms with E-state index in [0.29, 0.717) is 26.2 Å². The van der Waals surface area contributed by atoms with Crippen LogP contribution in [0.15, 0.2) is 24.3 Å². The summed E-state index contributed by atoms with van der Waals surface area (Å²) < 4.78 is 13.7. The van der Waals surface area contributed by atoms with Gasteiger partial charge in [-0.05, 0) is 12.1 Å². The van der Waals surface area contributed by atoms with Crippen LogP contribution in [0.5, 0.6) is 0 Å². The molecule has 0 N–H and O–H groups in total. The lowest BCUT2D eigenvalue weighted by Gasteiger charge is -2.37. The number of hydrogen-bond acceptors (Lipinski definition) is 4. The molecule has 2 fully saturated rings. The van der Waals surface area contributed by atoms with Gasteiger partial charge in [-0.25, -0.2) is 4.39 Å². The highest BCUT2D eigenvalue weighted by molar-refractivity contribution is 6.05. The molecule has 3 rings (SSSR count). The summed E-state index contributed by atoms with van der Waals surface area (Å²) in [5.41, 5.74) is 0.0628. The van der Waals surface area contributed by atoms with E-state index in [1.54, 1.807) is 17.0 Å². The Bertz CT molecular complexity index is 656. The van der Waals surface area contributed by atoms with Gasteiger partial charge in [0.25, 0.3) is 5.91 Å². The van der Waals surface area contributed by atoms with Gasteiger partial charge in [-0.1, -0.05) is 12.1 Å². The third-order valence-electron chi connectivity index (χ3n) is 4.50. The Morgan fingerprint density at radius 1 is 1.13 bits per heavy atom. The van der Waals surface area contributed by atoms with Crippen LogP contribution in [0.2, 0.25) is 0 Å². The van der Waals surface area contributed by atoms with Crippen molar-refractivity contribution in [3.05, 3.63) is 35.6 Å². The number of carbonyl (C=O) groups is 3. The largest absolute Gasteiger partial charge is 0.336 e. The van der Waals surface area contributed by atoms with E-state index in [1.165, 1.54) is 19.2 Å². The lowest BCUT2D eigenvalue weighted by Crippen LogP contribution is -2.53. The van der Waals surface area contributed by atoms with Crippen molar-refractivity contribution in [2.24, 2.45) is 0 Å². The van der Waals surface area contributed by atoms with Crippen LogP contribution in [0.1, 0.15) is 16.8 Å². The lowest BCUT2D eigenvalue weighted by atomic mass is 10.1. The summed E-state index contributed by atoms with van der Waals surface area (Å²) in [5, 5.41) is 0. The number of nitrogens with zero attached hydrogens (tertiary/aromatic N) is 3. The van der Waals surface area contributed by atoms with E-state index < -0.39 is 11.9 Å². The predicted molar refractivity (Wildman–Crippen MR) is 80.1 cm³/mol. The fourth-order valence-electron chi connectivity index (χ4n) is 3.06. The lowest BCUT2D eigenvalue weighted by molar-refractivity contribution is -0.138. The second kappa shape index (κ2) is 6.08. The smallest absolute Gasteiger partial charge is 0.256 e. The molecule has 2 aliphatic rings. The zero-order valence-electron chi connectivity index (χ0n) is 12.9. The van der Waals surface area contributed by atoms with Gasteiger partial charge in [0.15, 0.2) is 0 Å². The number of rotatable bonds is 2. The highest BCUT2D eigenvalue weighted by atomic mass is 19.1. The molecule has 122 valence electrons. The summed E-state index contributed by atoms with van der Waals surface area (Å²) in [5.74, 6) is -1.24. The van der Waals surface area contributed by atoms with Crippen LogP contribution in [-0.4, -0.2) is 71.7 Å². The third-order valence-corrected chi connectivity index (χ3v) is 4.50. The molecule has 0 aliphatic carbocycles. The molecule has 0 radical (unpaired) electrons. The number of hydrogen-bond donors (Lipinski definition) is 0. The van der Waals surface area contributed by atoms with E-state index in [9.17, 15) is 18.8 Å². The number of likely N-dealkylation sites (tertiary alicyclic amines) is 1. The Balaban J connectivity index is 1.63. The van der Waals surface area contributed by atoms with Crippen LogP contribution in [0.25, 0.3) is 0 Å². The number of halogens is 1. The summed E-state index contributed by atoms with van der Waals surface area (Å²) in [4.78, 5) is 40.7. The molecule has 0 bridgehead atoms. The van der Waals surface area contributed by atoms with Crippen molar-refractivity contribution in [2.75, 3.05) is 33.2 Å². The highest BCUT2D eigenvalue weighted by Gasteiger charge is 2.41. The summed E-state index contributed by atoms with van der Waals surface area (Å²) in [6.07, 6.45) is 0.191. The van der Waals surface area contributed by atoms with Crippen LogP contribution in [0, 0.1) is 5.82 Å². The number of amides is 3. The number of carbonyl (C=O) groups excluding carboxylic acids is 3. The minimum atomic E-state index is -0.530. The number of piperazine rings is 1. The quantitative estimate of drug-likeness (QED) is 0.738. The molecular weight excluding hydrogens is 301 g/mol. The van der Waals surface area contributed by atoms with E-state index in [-0.39, 0.29) is 29.7 Å². The molecule has 1 aromatic carbocycles. The molecule has 6 nitrogen and oxygen atoms in total. The van der Waals surface area contributed by atoms with Crippen molar-refractivity contribution >= 4 is 17.7 Å². The first-order valence-electron chi connectivity index (χ1n) is 7.57. The second-order valence-corrected chi connectivity index (χ2v) is 5.82. The standard InChI is InChI=1S/C16H18FN3O3/c1-18-14(21)10-13(16(18)23)19-6-8-20(9-7-19)15(22)11-4-2-3-5-12(11)17/h2-5,13H,6-10H2,1H3. The predicted octanol–water partition coefficient (Wildman–Crippen LogP) is 0.341. The Morgan fingerprint density at radius 2 is 1.78 bits per heavy atom. The van der Waals surface area contributed by atoms with Gasteiger partial charge in [-0.15, -0.1) is 0 Å². The van der Waals surface area contributed by atoms with Gasteiger partial charge in [0.2, 0.25) is 11.8 Å². The molecule has 2 heterocycles. The zero-order chi connectivity index (χ0) is 16.6. The summed E-state index contributed by atoms with van der Waals surface area (Å²) in [6.45, 7) is 1.82. The summed E-state index contributed by atoms with van der Waals surface area (Å²) in [7, 11) is 1.49. The van der Waals surface area contributed by atoms with Gasteiger partial charge in [-0.2, -0.15) is 0 Å². The van der Waals surface area contributed by atoms with E-state index >= 15 is 0 Å². The molecule has 1 aromatic rings. The normalized spacial score (nSPS) is 22.8. The SMILES string of the molecule is CN1C(=O)CC(N2CCN(C(=O)c3ccccc3F)CC2)C1=O. The molecular formula is C16H18FN3O3. The van der Waals surface area contributed by atoms with Gasteiger partial charge in [-0.3, -0.25) is 24.2 Å². The maximum atomic E-state index is 13.7. The molecule has 1 unspecified atom stereocenters. The van der Waals surface area contributed by atoms with Gasteiger partial charge in [0.05, 0.1) is 18.0 Å². The molecule has 0 aromatic heterocycles. The van der Waals surface area contributed by atoms with Crippen molar-refractivity contribution in [3.63, 3.8) is 0 Å². The van der Waals surface area contributed by atoms with Crippen molar-refractivity contribution < 1.29 is 18.8 Å². The van der Waals surface area contributed by atoms with Crippen LogP contribution >= 0.6 is 0 Å². The summed E-state index contributed by atoms with van der Waals surface area (Å²) >= 11 is 0. The molecule has 0 saturated carbocycles. The fourth-order valence-corrected chi connectivity index (χ4v) is 3.06. The topological polar surface area (TPSA) is 60.9 Å². The molecule has 2 aliphatic heterocycles. The Labute approximate surface area is 133 Å². The minimum absolute atomic E-state index is 0.0628. The first-order valence-corrected chi connectivity index (χ1v) is 7.57. The molecule has 7 heteroatoms. The van der Waals surface area contributed by atoms with Crippen LogP contribution in [-0.2, 0) is 9.59 Å². The molecule has 1 atom stereocenters. The van der Waals surface area contributed by atoms with Gasteiger partial charge in [0, 0.05) is 33.2 Å². The number of likely N-dealkylation sites (N-methyl/N-ethyl adjacent to an activating group) is 1. The molecule has 23 heavy (non-hydrogen) atoms. The van der Waals surface area contributed by atoms with Gasteiger partial charge < -0.3 is 4.90 Å². The first kappa shape index (κ1) is 15.6. The molecule has 3 amide bonds. The van der Waals surface area contributed by atoms with E-state index in [0.717, 1.165) is 4.90 Å². The van der Waals surface area contributed by atoms with E-state index in [4.69, 9.17) is 0 Å². The maximum absolute atomic E-state index is 13.7. The first-order chi connectivity index (χ1) is 11.0. The van der Waals surface area contributed by atoms with Crippen molar-refractivity contribution in [3.8, 4) is 0 Å². The van der Waals surface area contributed by atoms with Crippen molar-refractivity contribution in [2.45, 2.75) is 12.5 Å². The minimum Gasteiger partial charge on any atom is -0.336 e. The van der Waals surface area contributed by atoms with Crippen molar-refractivity contribution in [1.82, 2.24) is 14.7 Å². The molecule has 0 spiro atoms. The van der Waals surface area contributed by atoms with Crippen LogP contribution < -0.4 is 0 Å². The Morgan fingerprint density at radius 3 is 2.35 bits per heavy atom. The van der Waals surface area contributed by atoms with Gasteiger partial charge in [0.1, 0.15) is 5.82 Å². The maximum Gasteiger partial charge on any atom is 0.256 e. The average molecular weight is 319 g/mol. The third kappa shape index (κ3) is 2.84. The van der Waals surface area contributed by atoms with E-state index in [1.807, 2.05) is 4.90 Å². The summed E-state index contributed by atoms with van der Waals surface area (Å²) in [6, 6.07) is 5.48. The zero-order valence-corrected chi connectivity index (χ0v) is 12.9. The van der Waals surface area contributed by atoms with Crippen LogP contribution in [0.3, 0.4) is 0 Å². The van der Waals surface area contributed by atoms with E-state index in [2.05, 4.69) is 0 Å². The molecule has 2 saturated heterocycles. The highest BCUT2D eigenvalue weighted by Crippen LogP contribution is 2.20. The Kier molecular flexibility index (Phi) is 4.12. The second-order valence-electron chi connectivity index (χ2n) is 5.82. The average Bonchev–Trinajstić information content (AvgIpc) is 2.82. The number of benzene rings is 1. The van der Waals surface area contributed by atoms with Crippen LogP contribution in [0.4, 0.5) is 4.39 Å². The number of imide groups is 1. The monoisotopic (exact) mass is 319 g/mol. The Hall–Kier alpha value is -2.28. The fraction of sp³-hybridized carbons (Fsp3) is 0.438. The van der Waals surface area contributed by atoms with Crippen molar-refractivity contribution in [1.29, 1.82) is 0 Å².